The summed E-state index contributed by atoms with van der Waals surface area (Å²) in [6, 6.07) is 4.19. The van der Waals surface area contributed by atoms with Gasteiger partial charge < -0.3 is 0 Å². The third-order valence-corrected chi connectivity index (χ3v) is 7.02. The lowest BCUT2D eigenvalue weighted by Crippen LogP contribution is -2.51. The maximum Gasteiger partial charge on any atom is 0.279 e. The topological polar surface area (TPSA) is 104 Å². The first-order valence-electron chi connectivity index (χ1n) is 8.28. The van der Waals surface area contributed by atoms with E-state index in [4.69, 9.17) is 0 Å². The van der Waals surface area contributed by atoms with Crippen molar-refractivity contribution in [2.24, 2.45) is 0 Å². The van der Waals surface area contributed by atoms with Crippen LogP contribution in [0.2, 0.25) is 0 Å². The number of benzene rings is 1. The van der Waals surface area contributed by atoms with Crippen molar-refractivity contribution in [3.05, 3.63) is 50.7 Å². The molecule has 0 fully saturated rings. The van der Waals surface area contributed by atoms with E-state index in [-0.39, 0.29) is 4.90 Å². The number of amides is 2. The van der Waals surface area contributed by atoms with Gasteiger partial charge in [0.05, 0.1) is 15.8 Å². The fourth-order valence-corrected chi connectivity index (χ4v) is 5.06. The fourth-order valence-electron chi connectivity index (χ4n) is 2.62. The van der Waals surface area contributed by atoms with Gasteiger partial charge in [0.2, 0.25) is 10.0 Å². The molecule has 146 valence electrons. The van der Waals surface area contributed by atoms with E-state index < -0.39 is 27.9 Å². The first kappa shape index (κ1) is 21.1. The molecule has 0 aliphatic rings. The average Bonchev–Trinajstić information content (AvgIpc) is 3.11. The van der Waals surface area contributed by atoms with E-state index in [2.05, 4.69) is 15.6 Å². The molecule has 3 N–H and O–H groups in total. The van der Waals surface area contributed by atoms with Gasteiger partial charge in [-0.05, 0) is 68.3 Å². The van der Waals surface area contributed by atoms with Crippen molar-refractivity contribution in [1.82, 2.24) is 15.6 Å². The number of sulfonamides is 1. The number of carbonyl (C=O) groups excluding carboxylic acids is 2. The van der Waals surface area contributed by atoms with E-state index in [1.165, 1.54) is 18.3 Å². The van der Waals surface area contributed by atoms with Crippen molar-refractivity contribution in [1.29, 1.82) is 0 Å². The van der Waals surface area contributed by atoms with Crippen LogP contribution in [0.5, 0.6) is 0 Å². The molecule has 0 unspecified atom stereocenters. The molecule has 2 rings (SSSR count). The zero-order chi connectivity index (χ0) is 20.4. The van der Waals surface area contributed by atoms with Crippen molar-refractivity contribution >= 4 is 33.2 Å². The van der Waals surface area contributed by atoms with E-state index in [0.29, 0.717) is 16.0 Å². The van der Waals surface area contributed by atoms with Crippen molar-refractivity contribution in [2.75, 3.05) is 0 Å². The molecule has 2 amide bonds. The summed E-state index contributed by atoms with van der Waals surface area (Å²) in [7, 11) is -3.91. The number of nitrogens with one attached hydrogen (secondary N) is 3. The number of aryl methyl sites for hydroxylation is 2. The van der Waals surface area contributed by atoms with Gasteiger partial charge in [0.15, 0.2) is 0 Å². The Morgan fingerprint density at radius 1 is 1.04 bits per heavy atom. The monoisotopic (exact) mass is 409 g/mol. The Labute approximate surface area is 163 Å². The molecule has 9 heteroatoms. The van der Waals surface area contributed by atoms with Gasteiger partial charge in [-0.3, -0.25) is 20.4 Å². The number of rotatable bonds is 5. The molecule has 7 nitrogen and oxygen atoms in total. The van der Waals surface area contributed by atoms with Crippen LogP contribution in [-0.2, 0) is 14.8 Å². The number of carbonyl (C=O) groups is 2. The fraction of sp³-hybridized carbons (Fsp3) is 0.333. The summed E-state index contributed by atoms with van der Waals surface area (Å²) in [6.07, 6.45) is 0. The first-order valence-corrected chi connectivity index (χ1v) is 10.6. The summed E-state index contributed by atoms with van der Waals surface area (Å²) in [5.41, 5.74) is 7.51. The highest BCUT2D eigenvalue weighted by Crippen LogP contribution is 2.26. The average molecular weight is 410 g/mol. The van der Waals surface area contributed by atoms with Gasteiger partial charge in [-0.2, -0.15) is 4.72 Å². The number of hydrogen-bond donors (Lipinski definition) is 3. The summed E-state index contributed by atoms with van der Waals surface area (Å²) in [6.45, 7) is 8.58. The Morgan fingerprint density at radius 2 is 1.63 bits per heavy atom. The second kappa shape index (κ2) is 8.20. The highest BCUT2D eigenvalue weighted by molar-refractivity contribution is 7.89. The van der Waals surface area contributed by atoms with Gasteiger partial charge in [0.1, 0.15) is 0 Å². The Hall–Kier alpha value is -2.23. The molecule has 0 aliphatic heterocycles. The van der Waals surface area contributed by atoms with Gasteiger partial charge in [0, 0.05) is 0 Å². The Kier molecular flexibility index (Phi) is 6.40. The zero-order valence-electron chi connectivity index (χ0n) is 15.8. The second-order valence-electron chi connectivity index (χ2n) is 6.35. The highest BCUT2D eigenvalue weighted by atomic mass is 32.2. The number of hydrogen-bond acceptors (Lipinski definition) is 5. The first-order chi connectivity index (χ1) is 12.5. The molecule has 0 spiro atoms. The van der Waals surface area contributed by atoms with Crippen molar-refractivity contribution < 1.29 is 18.0 Å². The van der Waals surface area contributed by atoms with E-state index in [9.17, 15) is 18.0 Å². The predicted octanol–water partition coefficient (Wildman–Crippen LogP) is 2.11. The third kappa shape index (κ3) is 4.74. The Bertz CT molecular complexity index is 941. The lowest BCUT2D eigenvalue weighted by atomic mass is 10.0. The molecule has 0 saturated heterocycles. The summed E-state index contributed by atoms with van der Waals surface area (Å²) in [5, 5.41) is 1.74. The Balaban J connectivity index is 2.11. The van der Waals surface area contributed by atoms with Crippen LogP contribution in [0.25, 0.3) is 0 Å². The summed E-state index contributed by atoms with van der Waals surface area (Å²) < 4.78 is 28.1. The van der Waals surface area contributed by atoms with Gasteiger partial charge in [-0.25, -0.2) is 8.42 Å². The zero-order valence-corrected chi connectivity index (χ0v) is 17.5. The molecule has 0 bridgehead atoms. The molecule has 2 aromatic rings. The van der Waals surface area contributed by atoms with Crippen LogP contribution in [0.1, 0.15) is 38.8 Å². The van der Waals surface area contributed by atoms with E-state index in [1.807, 2.05) is 19.9 Å². The van der Waals surface area contributed by atoms with Crippen molar-refractivity contribution in [2.45, 2.75) is 45.6 Å². The summed E-state index contributed by atoms with van der Waals surface area (Å²) >= 11 is 1.23. The maximum absolute atomic E-state index is 12.8. The largest absolute Gasteiger partial charge is 0.279 e. The molecule has 27 heavy (non-hydrogen) atoms. The Morgan fingerprint density at radius 3 is 2.15 bits per heavy atom. The molecule has 1 atom stereocenters. The molecule has 0 saturated carbocycles. The third-order valence-electron chi connectivity index (χ3n) is 4.34. The van der Waals surface area contributed by atoms with Crippen LogP contribution in [0, 0.1) is 27.7 Å². The van der Waals surface area contributed by atoms with Crippen molar-refractivity contribution in [3.8, 4) is 0 Å². The smallest absolute Gasteiger partial charge is 0.271 e. The number of thiophene rings is 1. The normalized spacial score (nSPS) is 12.5. The van der Waals surface area contributed by atoms with E-state index in [0.717, 1.165) is 11.1 Å². The summed E-state index contributed by atoms with van der Waals surface area (Å²) in [5.74, 6) is -1.13. The van der Waals surface area contributed by atoms with Gasteiger partial charge >= 0.3 is 0 Å². The minimum absolute atomic E-state index is 0.183. The lowest BCUT2D eigenvalue weighted by molar-refractivity contribution is -0.123. The molecule has 0 aliphatic carbocycles. The standard InChI is InChI=1S/C18H23N3O4S2/c1-10-9-11(2)13(4)16(12(10)3)27(24,25)21-14(5)17(22)19-20-18(23)15-7-6-8-26-15/h6-9,14,21H,1-5H3,(H,19,22)(H,20,23)/t14-/m0/s1. The highest BCUT2D eigenvalue weighted by Gasteiger charge is 2.26. The lowest BCUT2D eigenvalue weighted by Gasteiger charge is -2.19. The second-order valence-corrected chi connectivity index (χ2v) is 8.95. The minimum Gasteiger partial charge on any atom is -0.271 e. The quantitative estimate of drug-likeness (QED) is 0.658. The van der Waals surface area contributed by atoms with E-state index >= 15 is 0 Å². The van der Waals surface area contributed by atoms with Crippen LogP contribution < -0.4 is 15.6 Å². The van der Waals surface area contributed by atoms with Crippen LogP contribution >= 0.6 is 11.3 Å². The molecular formula is C18H23N3O4S2. The minimum atomic E-state index is -3.91. The SMILES string of the molecule is Cc1cc(C)c(C)c(S(=O)(=O)N[C@@H](C)C(=O)NNC(=O)c2cccs2)c1C. The van der Waals surface area contributed by atoms with Gasteiger partial charge in [-0.1, -0.05) is 12.1 Å². The summed E-state index contributed by atoms with van der Waals surface area (Å²) in [4.78, 5) is 24.6. The van der Waals surface area contributed by atoms with Gasteiger partial charge in [0.25, 0.3) is 11.8 Å². The molecule has 1 aromatic heterocycles. The molecule has 1 heterocycles. The van der Waals surface area contributed by atoms with Crippen LogP contribution in [0.15, 0.2) is 28.5 Å². The molecule has 0 radical (unpaired) electrons. The van der Waals surface area contributed by atoms with E-state index in [1.54, 1.807) is 31.4 Å². The van der Waals surface area contributed by atoms with Crippen LogP contribution in [0.3, 0.4) is 0 Å². The molecular weight excluding hydrogens is 386 g/mol. The number of hydrazine groups is 1. The van der Waals surface area contributed by atoms with Gasteiger partial charge in [-0.15, -0.1) is 11.3 Å². The predicted molar refractivity (Wildman–Crippen MR) is 105 cm³/mol. The van der Waals surface area contributed by atoms with Crippen LogP contribution in [0.4, 0.5) is 0 Å². The van der Waals surface area contributed by atoms with Crippen molar-refractivity contribution in [3.63, 3.8) is 0 Å². The van der Waals surface area contributed by atoms with Crippen LogP contribution in [-0.4, -0.2) is 26.3 Å². The maximum atomic E-state index is 12.8. The molecule has 1 aromatic carbocycles.